The molecule has 1 amide bonds. The van der Waals surface area contributed by atoms with Gasteiger partial charge in [0.25, 0.3) is 0 Å². The first-order chi connectivity index (χ1) is 12.7. The predicted molar refractivity (Wildman–Crippen MR) is 96.7 cm³/mol. The molecule has 2 aromatic carbocycles. The maximum atomic E-state index is 13.0. The van der Waals surface area contributed by atoms with Crippen LogP contribution in [-0.4, -0.2) is 15.0 Å². The summed E-state index contributed by atoms with van der Waals surface area (Å²) < 4.78 is 41.9. The van der Waals surface area contributed by atoms with Crippen LogP contribution in [0.4, 0.5) is 18.9 Å². The molecule has 0 aliphatic carbocycles. The second-order valence-corrected chi connectivity index (χ2v) is 6.18. The molecule has 0 aliphatic heterocycles. The number of aromatic nitrogens is 2. The summed E-state index contributed by atoms with van der Waals surface area (Å²) in [6.45, 7) is 3.33. The fourth-order valence-electron chi connectivity index (χ4n) is 3.08. The van der Waals surface area contributed by atoms with Gasteiger partial charge in [0, 0.05) is 12.2 Å². The first-order valence-corrected chi connectivity index (χ1v) is 8.38. The lowest BCUT2D eigenvalue weighted by atomic mass is 10.1. The van der Waals surface area contributed by atoms with Crippen LogP contribution in [0.1, 0.15) is 18.1 Å². The van der Waals surface area contributed by atoms with Crippen LogP contribution in [0.3, 0.4) is 0 Å². The number of para-hydroxylation sites is 2. The molecule has 1 heterocycles. The highest BCUT2D eigenvalue weighted by molar-refractivity contribution is 5.91. The fourth-order valence-corrected chi connectivity index (χ4v) is 3.08. The minimum Gasteiger partial charge on any atom is -0.325 e. The van der Waals surface area contributed by atoms with Gasteiger partial charge in [-0.05, 0) is 43.7 Å². The average molecular weight is 377 g/mol. The SMILES string of the molecule is CCn1c(=O)n(CC(=O)Nc2ccc(C)c(C(F)(F)F)c2)c2ccccc21. The molecule has 0 bridgehead atoms. The summed E-state index contributed by atoms with van der Waals surface area (Å²) in [7, 11) is 0. The molecular formula is C19H18F3N3O2. The molecule has 3 rings (SSSR count). The van der Waals surface area contributed by atoms with Crippen molar-refractivity contribution in [2.45, 2.75) is 33.1 Å². The summed E-state index contributed by atoms with van der Waals surface area (Å²) in [5.74, 6) is -0.576. The maximum absolute atomic E-state index is 13.0. The first kappa shape index (κ1) is 18.8. The van der Waals surface area contributed by atoms with Gasteiger partial charge in [0.2, 0.25) is 5.91 Å². The fraction of sp³-hybridized carbons (Fsp3) is 0.263. The Labute approximate surface area is 153 Å². The molecule has 0 aliphatic rings. The zero-order chi connectivity index (χ0) is 19.8. The third kappa shape index (κ3) is 3.60. The third-order valence-corrected chi connectivity index (χ3v) is 4.37. The lowest BCUT2D eigenvalue weighted by Crippen LogP contribution is -2.29. The summed E-state index contributed by atoms with van der Waals surface area (Å²) in [6, 6.07) is 10.7. The van der Waals surface area contributed by atoms with Crippen molar-refractivity contribution in [1.82, 2.24) is 9.13 Å². The van der Waals surface area contributed by atoms with Crippen LogP contribution in [0.15, 0.2) is 47.3 Å². The van der Waals surface area contributed by atoms with Gasteiger partial charge in [-0.1, -0.05) is 18.2 Å². The van der Waals surface area contributed by atoms with Crippen molar-refractivity contribution in [2.24, 2.45) is 0 Å². The van der Waals surface area contributed by atoms with Crippen LogP contribution in [0.5, 0.6) is 0 Å². The number of halogens is 3. The van der Waals surface area contributed by atoms with Crippen molar-refractivity contribution in [3.63, 3.8) is 0 Å². The van der Waals surface area contributed by atoms with E-state index in [-0.39, 0.29) is 23.5 Å². The van der Waals surface area contributed by atoms with Crippen molar-refractivity contribution in [2.75, 3.05) is 5.32 Å². The van der Waals surface area contributed by atoms with E-state index in [0.717, 1.165) is 6.07 Å². The van der Waals surface area contributed by atoms with Gasteiger partial charge in [-0.2, -0.15) is 13.2 Å². The van der Waals surface area contributed by atoms with Gasteiger partial charge in [-0.3, -0.25) is 13.9 Å². The van der Waals surface area contributed by atoms with E-state index in [1.807, 2.05) is 6.92 Å². The van der Waals surface area contributed by atoms with Crippen molar-refractivity contribution in [3.05, 3.63) is 64.1 Å². The number of amides is 1. The number of hydrogen-bond donors (Lipinski definition) is 1. The number of anilines is 1. The highest BCUT2D eigenvalue weighted by Crippen LogP contribution is 2.33. The van der Waals surface area contributed by atoms with Crippen LogP contribution in [-0.2, 0) is 24.1 Å². The quantitative estimate of drug-likeness (QED) is 0.752. The van der Waals surface area contributed by atoms with Crippen molar-refractivity contribution in [3.8, 4) is 0 Å². The standard InChI is InChI=1S/C19H18F3N3O2/c1-3-24-15-6-4-5-7-16(15)25(18(24)27)11-17(26)23-13-9-8-12(2)14(10-13)19(20,21)22/h4-10H,3,11H2,1-2H3,(H,23,26). The Morgan fingerprint density at radius 1 is 1.07 bits per heavy atom. The zero-order valence-corrected chi connectivity index (χ0v) is 14.8. The Morgan fingerprint density at radius 2 is 1.70 bits per heavy atom. The Kier molecular flexibility index (Phi) is 4.82. The average Bonchev–Trinajstić information content (AvgIpc) is 2.87. The summed E-state index contributed by atoms with van der Waals surface area (Å²) in [5, 5.41) is 2.44. The number of imidazole rings is 1. The number of nitrogens with zero attached hydrogens (tertiary/aromatic N) is 2. The van der Waals surface area contributed by atoms with Crippen molar-refractivity contribution >= 4 is 22.6 Å². The van der Waals surface area contributed by atoms with Crippen LogP contribution in [0, 0.1) is 6.92 Å². The van der Waals surface area contributed by atoms with Gasteiger partial charge in [0.1, 0.15) is 6.54 Å². The Bertz CT molecular complexity index is 1060. The highest BCUT2D eigenvalue weighted by Gasteiger charge is 2.32. The van der Waals surface area contributed by atoms with E-state index in [4.69, 9.17) is 0 Å². The number of aryl methyl sites for hydroxylation is 2. The van der Waals surface area contributed by atoms with Gasteiger partial charge >= 0.3 is 11.9 Å². The second-order valence-electron chi connectivity index (χ2n) is 6.18. The molecule has 1 N–H and O–H groups in total. The lowest BCUT2D eigenvalue weighted by Gasteiger charge is -2.13. The van der Waals surface area contributed by atoms with Crippen LogP contribution in [0.2, 0.25) is 0 Å². The number of nitrogens with one attached hydrogen (secondary N) is 1. The molecule has 8 heteroatoms. The topological polar surface area (TPSA) is 56.0 Å². The summed E-state index contributed by atoms with van der Waals surface area (Å²) >= 11 is 0. The lowest BCUT2D eigenvalue weighted by molar-refractivity contribution is -0.138. The van der Waals surface area contributed by atoms with Crippen molar-refractivity contribution in [1.29, 1.82) is 0 Å². The van der Waals surface area contributed by atoms with E-state index in [0.29, 0.717) is 17.6 Å². The molecule has 142 valence electrons. The van der Waals surface area contributed by atoms with Crippen LogP contribution >= 0.6 is 0 Å². The van der Waals surface area contributed by atoms with E-state index < -0.39 is 17.6 Å². The Hall–Kier alpha value is -3.03. The molecule has 0 unspecified atom stereocenters. The Balaban J connectivity index is 1.89. The van der Waals surface area contributed by atoms with E-state index in [1.165, 1.54) is 28.2 Å². The molecule has 27 heavy (non-hydrogen) atoms. The van der Waals surface area contributed by atoms with E-state index in [2.05, 4.69) is 5.32 Å². The van der Waals surface area contributed by atoms with E-state index in [1.54, 1.807) is 24.3 Å². The summed E-state index contributed by atoms with van der Waals surface area (Å²) in [4.78, 5) is 24.9. The monoisotopic (exact) mass is 377 g/mol. The number of hydrogen-bond acceptors (Lipinski definition) is 2. The summed E-state index contributed by atoms with van der Waals surface area (Å²) in [6.07, 6.45) is -4.50. The van der Waals surface area contributed by atoms with Crippen LogP contribution in [0.25, 0.3) is 11.0 Å². The molecule has 0 saturated carbocycles. The highest BCUT2D eigenvalue weighted by atomic mass is 19.4. The van der Waals surface area contributed by atoms with Gasteiger partial charge < -0.3 is 5.32 Å². The molecule has 5 nitrogen and oxygen atoms in total. The summed E-state index contributed by atoms with van der Waals surface area (Å²) in [5.41, 5.74) is 0.258. The van der Waals surface area contributed by atoms with Gasteiger partial charge in [-0.15, -0.1) is 0 Å². The van der Waals surface area contributed by atoms with Gasteiger partial charge in [-0.25, -0.2) is 4.79 Å². The van der Waals surface area contributed by atoms with E-state index in [9.17, 15) is 22.8 Å². The Morgan fingerprint density at radius 3 is 2.30 bits per heavy atom. The molecule has 3 aromatic rings. The van der Waals surface area contributed by atoms with Gasteiger partial charge in [0.05, 0.1) is 16.6 Å². The largest absolute Gasteiger partial charge is 0.416 e. The minimum absolute atomic E-state index is 0.0326. The molecule has 0 fully saturated rings. The molecular weight excluding hydrogens is 359 g/mol. The molecule has 0 saturated heterocycles. The molecule has 0 atom stereocenters. The smallest absolute Gasteiger partial charge is 0.325 e. The number of benzene rings is 2. The van der Waals surface area contributed by atoms with Crippen molar-refractivity contribution < 1.29 is 18.0 Å². The molecule has 1 aromatic heterocycles. The number of fused-ring (bicyclic) bond motifs is 1. The molecule has 0 spiro atoms. The first-order valence-electron chi connectivity index (χ1n) is 8.38. The number of alkyl halides is 3. The number of carbonyl (C=O) groups is 1. The normalized spacial score (nSPS) is 11.7. The van der Waals surface area contributed by atoms with Gasteiger partial charge in [0.15, 0.2) is 0 Å². The third-order valence-electron chi connectivity index (χ3n) is 4.37. The maximum Gasteiger partial charge on any atom is 0.416 e. The molecule has 0 radical (unpaired) electrons. The number of carbonyl (C=O) groups excluding carboxylic acids is 1. The van der Waals surface area contributed by atoms with Crippen LogP contribution < -0.4 is 11.0 Å². The van der Waals surface area contributed by atoms with E-state index >= 15 is 0 Å². The minimum atomic E-state index is -4.50. The zero-order valence-electron chi connectivity index (χ0n) is 14.8. The second kappa shape index (κ2) is 6.94. The number of rotatable bonds is 4. The predicted octanol–water partition coefficient (Wildman–Crippen LogP) is 3.79.